The molecule has 2 rings (SSSR count). The lowest BCUT2D eigenvalue weighted by atomic mass is 9.99. The number of thiocarbonyl (C=S) groups is 1. The third-order valence-electron chi connectivity index (χ3n) is 2.56. The summed E-state index contributed by atoms with van der Waals surface area (Å²) in [6.45, 7) is 2.13. The van der Waals surface area contributed by atoms with E-state index in [1.807, 2.05) is 24.4 Å². The first-order chi connectivity index (χ1) is 7.68. The number of hydrogen-bond donors (Lipinski definition) is 2. The number of H-pyrrole nitrogens is 1. The van der Waals surface area contributed by atoms with Gasteiger partial charge in [-0.1, -0.05) is 49.5 Å². The van der Waals surface area contributed by atoms with Crippen molar-refractivity contribution < 1.29 is 0 Å². The van der Waals surface area contributed by atoms with Gasteiger partial charge in [-0.2, -0.15) is 0 Å². The van der Waals surface area contributed by atoms with E-state index in [1.165, 1.54) is 5.56 Å². The molecule has 0 fully saturated rings. The number of aromatic amines is 1. The summed E-state index contributed by atoms with van der Waals surface area (Å²) in [5, 5.41) is 0. The van der Waals surface area contributed by atoms with Crippen LogP contribution in [0.25, 0.3) is 0 Å². The Labute approximate surface area is 106 Å². The van der Waals surface area contributed by atoms with Crippen molar-refractivity contribution in [3.63, 3.8) is 0 Å². The van der Waals surface area contributed by atoms with Crippen molar-refractivity contribution in [1.29, 1.82) is 0 Å². The van der Waals surface area contributed by atoms with Crippen molar-refractivity contribution in [1.82, 2.24) is 9.97 Å². The van der Waals surface area contributed by atoms with E-state index < -0.39 is 0 Å². The van der Waals surface area contributed by atoms with Gasteiger partial charge in [0.2, 0.25) is 0 Å². The highest BCUT2D eigenvalue weighted by molar-refractivity contribution is 8.11. The average Bonchev–Trinajstić information content (AvgIpc) is 2.78. The van der Waals surface area contributed by atoms with E-state index in [1.54, 1.807) is 0 Å². The summed E-state index contributed by atoms with van der Waals surface area (Å²) >= 11 is 9.04. The Balaban J connectivity index is 2.27. The van der Waals surface area contributed by atoms with E-state index in [0.29, 0.717) is 10.0 Å². The number of nitrogens with zero attached hydrogens (tertiary/aromatic N) is 1. The van der Waals surface area contributed by atoms with Crippen LogP contribution < -0.4 is 0 Å². The molecule has 1 unspecified atom stereocenters. The molecule has 16 heavy (non-hydrogen) atoms. The zero-order chi connectivity index (χ0) is 11.5. The normalized spacial score (nSPS) is 12.4. The number of imidazole rings is 1. The zero-order valence-corrected chi connectivity index (χ0v) is 10.6. The molecule has 0 radical (unpaired) electrons. The predicted molar refractivity (Wildman–Crippen MR) is 73.2 cm³/mol. The third-order valence-corrected chi connectivity index (χ3v) is 2.97. The van der Waals surface area contributed by atoms with Gasteiger partial charge in [0.1, 0.15) is 4.20 Å². The van der Waals surface area contributed by atoms with Crippen LogP contribution in [0.1, 0.15) is 29.9 Å². The summed E-state index contributed by atoms with van der Waals surface area (Å²) < 4.78 is 0.492. The van der Waals surface area contributed by atoms with E-state index in [9.17, 15) is 0 Å². The van der Waals surface area contributed by atoms with Crippen LogP contribution in [0.15, 0.2) is 36.5 Å². The van der Waals surface area contributed by atoms with Crippen molar-refractivity contribution >= 4 is 29.0 Å². The fraction of sp³-hybridized carbons (Fsp3) is 0.167. The summed E-state index contributed by atoms with van der Waals surface area (Å²) in [7, 11) is 0. The Kier molecular flexibility index (Phi) is 3.41. The second-order valence-electron chi connectivity index (χ2n) is 3.62. The Morgan fingerprint density at radius 2 is 2.06 bits per heavy atom. The molecule has 1 heterocycles. The van der Waals surface area contributed by atoms with Crippen LogP contribution >= 0.6 is 24.8 Å². The predicted octanol–water partition coefficient (Wildman–Crippen LogP) is 3.17. The van der Waals surface area contributed by atoms with Crippen LogP contribution in [0.2, 0.25) is 0 Å². The van der Waals surface area contributed by atoms with Gasteiger partial charge in [0.05, 0.1) is 0 Å². The molecule has 2 aromatic rings. The van der Waals surface area contributed by atoms with Crippen LogP contribution in [0.5, 0.6) is 0 Å². The number of thiol groups is 1. The Morgan fingerprint density at radius 3 is 2.62 bits per heavy atom. The molecule has 4 heteroatoms. The van der Waals surface area contributed by atoms with Gasteiger partial charge in [0.25, 0.3) is 0 Å². The molecule has 0 saturated heterocycles. The monoisotopic (exact) mass is 248 g/mol. The highest BCUT2D eigenvalue weighted by atomic mass is 32.1. The van der Waals surface area contributed by atoms with E-state index >= 15 is 0 Å². The fourth-order valence-corrected chi connectivity index (χ4v) is 1.80. The van der Waals surface area contributed by atoms with E-state index in [4.69, 9.17) is 12.2 Å². The van der Waals surface area contributed by atoms with Crippen molar-refractivity contribution in [3.8, 4) is 0 Å². The maximum atomic E-state index is 4.95. The molecule has 0 aliphatic carbocycles. The number of aromatic nitrogens is 2. The fourth-order valence-electron chi connectivity index (χ4n) is 1.59. The number of rotatable bonds is 3. The van der Waals surface area contributed by atoms with Gasteiger partial charge in [0.15, 0.2) is 5.82 Å². The van der Waals surface area contributed by atoms with Gasteiger partial charge in [-0.3, -0.25) is 0 Å². The maximum absolute atomic E-state index is 4.95. The topological polar surface area (TPSA) is 28.7 Å². The number of nitrogens with one attached hydrogen (secondary N) is 1. The minimum atomic E-state index is 0.283. The van der Waals surface area contributed by atoms with Crippen LogP contribution in [0.3, 0.4) is 0 Å². The van der Waals surface area contributed by atoms with Gasteiger partial charge in [-0.25, -0.2) is 4.98 Å². The molecule has 1 N–H and O–H groups in total. The minimum absolute atomic E-state index is 0.283. The van der Waals surface area contributed by atoms with Crippen LogP contribution in [-0.2, 0) is 0 Å². The summed E-state index contributed by atoms with van der Waals surface area (Å²) in [5.74, 6) is 0.946. The molecule has 2 nitrogen and oxygen atoms in total. The Morgan fingerprint density at radius 1 is 1.38 bits per heavy atom. The van der Waals surface area contributed by atoms with Crippen molar-refractivity contribution in [2.24, 2.45) is 0 Å². The molecule has 1 atom stereocenters. The zero-order valence-electron chi connectivity index (χ0n) is 8.84. The van der Waals surface area contributed by atoms with Gasteiger partial charge < -0.3 is 4.98 Å². The first-order valence-electron chi connectivity index (χ1n) is 5.01. The minimum Gasteiger partial charge on any atom is -0.340 e. The molecular formula is C12H12N2S2. The molecule has 82 valence electrons. The van der Waals surface area contributed by atoms with Gasteiger partial charge in [-0.05, 0) is 5.56 Å². The molecule has 0 aliphatic rings. The lowest BCUT2D eigenvalue weighted by molar-refractivity contribution is 0.882. The summed E-state index contributed by atoms with van der Waals surface area (Å²) in [4.78, 5) is 7.37. The van der Waals surface area contributed by atoms with Crippen molar-refractivity contribution in [3.05, 3.63) is 53.6 Å². The molecule has 0 aliphatic heterocycles. The summed E-state index contributed by atoms with van der Waals surface area (Å²) in [5.41, 5.74) is 2.31. The SMILES string of the molecule is CC(c1ccccc1)c1cnc(C(=S)S)[nH]1. The van der Waals surface area contributed by atoms with Gasteiger partial charge in [0, 0.05) is 17.8 Å². The van der Waals surface area contributed by atoms with Crippen LogP contribution in [0.4, 0.5) is 0 Å². The second-order valence-corrected chi connectivity index (χ2v) is 4.78. The van der Waals surface area contributed by atoms with Crippen LogP contribution in [-0.4, -0.2) is 14.2 Å². The Hall–Kier alpha value is -1.13. The lowest BCUT2D eigenvalue weighted by Gasteiger charge is -2.08. The highest BCUT2D eigenvalue weighted by Gasteiger charge is 2.11. The second kappa shape index (κ2) is 4.80. The molecular weight excluding hydrogens is 236 g/mol. The first-order valence-corrected chi connectivity index (χ1v) is 5.87. The van der Waals surface area contributed by atoms with E-state index in [-0.39, 0.29) is 5.92 Å². The van der Waals surface area contributed by atoms with Crippen molar-refractivity contribution in [2.75, 3.05) is 0 Å². The summed E-state index contributed by atoms with van der Waals surface area (Å²) in [6, 6.07) is 10.3. The lowest BCUT2D eigenvalue weighted by Crippen LogP contribution is -1.97. The Bertz CT molecular complexity index is 491. The number of hydrogen-bond acceptors (Lipinski definition) is 2. The third kappa shape index (κ3) is 2.33. The highest BCUT2D eigenvalue weighted by Crippen LogP contribution is 2.22. The van der Waals surface area contributed by atoms with Crippen LogP contribution in [0, 0.1) is 0 Å². The number of benzene rings is 1. The molecule has 1 aromatic heterocycles. The van der Waals surface area contributed by atoms with Gasteiger partial charge in [-0.15, -0.1) is 12.6 Å². The quantitative estimate of drug-likeness (QED) is 0.645. The van der Waals surface area contributed by atoms with E-state index in [0.717, 1.165) is 5.69 Å². The smallest absolute Gasteiger partial charge is 0.154 e. The molecule has 0 bridgehead atoms. The first kappa shape index (κ1) is 11.4. The standard InChI is InChI=1S/C12H12N2S2/c1-8(9-5-3-2-4-6-9)10-7-13-11(14-10)12(15)16/h2-8H,1H3,(H,13,14)(H,15,16). The molecule has 1 aromatic carbocycles. The maximum Gasteiger partial charge on any atom is 0.154 e. The molecule has 0 spiro atoms. The van der Waals surface area contributed by atoms with E-state index in [2.05, 4.69) is 41.7 Å². The average molecular weight is 248 g/mol. The molecule has 0 amide bonds. The molecule has 0 saturated carbocycles. The largest absolute Gasteiger partial charge is 0.340 e. The van der Waals surface area contributed by atoms with Gasteiger partial charge >= 0.3 is 0 Å². The van der Waals surface area contributed by atoms with Crippen molar-refractivity contribution in [2.45, 2.75) is 12.8 Å². The summed E-state index contributed by atoms with van der Waals surface area (Å²) in [6.07, 6.45) is 1.82.